The Morgan fingerprint density at radius 2 is 1.83 bits per heavy atom. The lowest BCUT2D eigenvalue weighted by atomic mass is 9.84. The van der Waals surface area contributed by atoms with Crippen LogP contribution in [-0.4, -0.2) is 51.2 Å². The Hall–Kier alpha value is -3.10. The zero-order chi connectivity index (χ0) is 25.7. The molecule has 2 unspecified atom stereocenters. The molecule has 36 heavy (non-hydrogen) atoms. The summed E-state index contributed by atoms with van der Waals surface area (Å²) in [6.45, 7) is 0. The minimum absolute atomic E-state index is 0.195. The van der Waals surface area contributed by atoms with Gasteiger partial charge in [0.2, 0.25) is 10.3 Å². The van der Waals surface area contributed by atoms with Gasteiger partial charge in [0.1, 0.15) is 17.7 Å². The van der Waals surface area contributed by atoms with Crippen molar-refractivity contribution in [2.24, 2.45) is 0 Å². The minimum Gasteiger partial charge on any atom is -0.406 e. The molecule has 1 aliphatic carbocycles. The molecular formula is C22H24F4N6O3S. The molecule has 0 aliphatic heterocycles. The molecule has 194 valence electrons. The third-order valence-corrected chi connectivity index (χ3v) is 6.60. The van der Waals surface area contributed by atoms with Crippen molar-refractivity contribution in [3.05, 3.63) is 53.6 Å². The summed E-state index contributed by atoms with van der Waals surface area (Å²) in [4.78, 5) is 0. The smallest absolute Gasteiger partial charge is 0.406 e. The highest BCUT2D eigenvalue weighted by Gasteiger charge is 2.33. The maximum Gasteiger partial charge on any atom is 0.573 e. The number of ether oxygens (including phenoxy) is 2. The lowest BCUT2D eigenvalue weighted by Crippen LogP contribution is -2.29. The number of rotatable bonds is 9. The summed E-state index contributed by atoms with van der Waals surface area (Å²) >= 11 is 1.14. The van der Waals surface area contributed by atoms with Crippen LogP contribution in [-0.2, 0) is 4.74 Å². The molecule has 2 atom stereocenters. The molecule has 0 radical (unpaired) electrons. The normalized spacial score (nSPS) is 19.9. The third kappa shape index (κ3) is 6.77. The molecule has 3 aromatic rings. The Labute approximate surface area is 207 Å². The van der Waals surface area contributed by atoms with Crippen molar-refractivity contribution in [3.8, 4) is 5.75 Å². The second-order valence-corrected chi connectivity index (χ2v) is 9.21. The second-order valence-electron chi connectivity index (χ2n) is 8.23. The lowest BCUT2D eigenvalue weighted by molar-refractivity contribution is -0.274. The molecule has 4 rings (SSSR count). The van der Waals surface area contributed by atoms with Crippen molar-refractivity contribution in [3.63, 3.8) is 0 Å². The van der Waals surface area contributed by atoms with Crippen molar-refractivity contribution >= 4 is 21.6 Å². The van der Waals surface area contributed by atoms with Crippen LogP contribution in [0.2, 0.25) is 0 Å². The Kier molecular flexibility index (Phi) is 8.16. The Bertz CT molecular complexity index is 1130. The molecule has 1 aromatic carbocycles. The van der Waals surface area contributed by atoms with Gasteiger partial charge in [0.15, 0.2) is 6.23 Å². The van der Waals surface area contributed by atoms with Crippen LogP contribution in [0.4, 0.5) is 27.8 Å². The van der Waals surface area contributed by atoms with Crippen LogP contribution in [0.3, 0.4) is 0 Å². The molecule has 0 amide bonds. The van der Waals surface area contributed by atoms with E-state index in [-0.39, 0.29) is 16.7 Å². The van der Waals surface area contributed by atoms with Crippen molar-refractivity contribution in [1.82, 2.24) is 20.4 Å². The van der Waals surface area contributed by atoms with Crippen molar-refractivity contribution in [2.75, 3.05) is 17.7 Å². The Morgan fingerprint density at radius 1 is 1.08 bits per heavy atom. The van der Waals surface area contributed by atoms with E-state index >= 15 is 0 Å². The van der Waals surface area contributed by atoms with Crippen LogP contribution in [0.25, 0.3) is 0 Å². The molecule has 14 heteroatoms. The Morgan fingerprint density at radius 3 is 2.50 bits per heavy atom. The van der Waals surface area contributed by atoms with Crippen molar-refractivity contribution in [1.29, 1.82) is 0 Å². The second kappa shape index (κ2) is 11.3. The summed E-state index contributed by atoms with van der Waals surface area (Å²) in [6.07, 6.45) is -2.44. The fourth-order valence-corrected chi connectivity index (χ4v) is 4.90. The number of anilines is 2. The molecule has 2 aromatic heterocycles. The predicted molar refractivity (Wildman–Crippen MR) is 123 cm³/mol. The van der Waals surface area contributed by atoms with Gasteiger partial charge < -0.3 is 25.2 Å². The molecule has 9 nitrogen and oxygen atoms in total. The lowest BCUT2D eigenvalue weighted by Gasteiger charge is -2.28. The van der Waals surface area contributed by atoms with Gasteiger partial charge in [-0.2, -0.15) is 10.2 Å². The number of halogens is 4. The fraction of sp³-hybridized carbons (Fsp3) is 0.455. The van der Waals surface area contributed by atoms with E-state index < -0.39 is 30.3 Å². The molecule has 0 bridgehead atoms. The maximum atomic E-state index is 14.3. The summed E-state index contributed by atoms with van der Waals surface area (Å²) in [5, 5.41) is 33.5. The quantitative estimate of drug-likeness (QED) is 0.270. The summed E-state index contributed by atoms with van der Waals surface area (Å²) in [6, 6.07) is 6.53. The zero-order valence-corrected chi connectivity index (χ0v) is 19.9. The standard InChI is InChI=1S/C22H24F4N6O3S/c1-34-18(15-11-14(8-9-16(15)23)35-22(24,25)26)19(33)29-21-32-31-20(36-21)28-13-6-4-12(5-7-13)17-3-2-10-27-30-17/h2-3,8-13,18-19,33H,4-7H2,1H3,(H,28,31)(H,29,32). The number of nitrogens with zero attached hydrogens (tertiary/aromatic N) is 4. The SMILES string of the molecule is COC(c1cc(OC(F)(F)F)ccc1F)C(O)Nc1nnc(NC2CCC(c3cccnn3)CC2)s1. The van der Waals surface area contributed by atoms with Gasteiger partial charge in [-0.05, 0) is 56.0 Å². The highest BCUT2D eigenvalue weighted by atomic mass is 32.1. The van der Waals surface area contributed by atoms with E-state index in [1.165, 1.54) is 7.11 Å². The minimum atomic E-state index is -4.95. The number of hydrogen-bond donors (Lipinski definition) is 3. The molecule has 1 saturated carbocycles. The van der Waals surface area contributed by atoms with Crippen molar-refractivity contribution in [2.45, 2.75) is 56.3 Å². The van der Waals surface area contributed by atoms with Gasteiger partial charge in [0, 0.05) is 30.8 Å². The highest BCUT2D eigenvalue weighted by molar-refractivity contribution is 7.19. The van der Waals surface area contributed by atoms with Crippen LogP contribution in [0, 0.1) is 5.82 Å². The summed E-state index contributed by atoms with van der Waals surface area (Å²) in [5.74, 6) is -1.14. The first kappa shape index (κ1) is 26.0. The zero-order valence-electron chi connectivity index (χ0n) is 19.1. The number of aliphatic hydroxyl groups is 1. The van der Waals surface area contributed by atoms with Gasteiger partial charge in [-0.1, -0.05) is 11.3 Å². The van der Waals surface area contributed by atoms with Gasteiger partial charge in [-0.3, -0.25) is 0 Å². The van der Waals surface area contributed by atoms with Gasteiger partial charge in [0.05, 0.1) is 5.69 Å². The highest BCUT2D eigenvalue weighted by Crippen LogP contribution is 2.34. The first-order valence-electron chi connectivity index (χ1n) is 11.1. The predicted octanol–water partition coefficient (Wildman–Crippen LogP) is 4.62. The van der Waals surface area contributed by atoms with E-state index in [1.54, 1.807) is 6.20 Å². The first-order chi connectivity index (χ1) is 17.2. The van der Waals surface area contributed by atoms with E-state index in [2.05, 4.69) is 35.8 Å². The average Bonchev–Trinajstić information content (AvgIpc) is 3.28. The molecule has 3 N–H and O–H groups in total. The molecule has 2 heterocycles. The molecular weight excluding hydrogens is 504 g/mol. The van der Waals surface area contributed by atoms with Crippen LogP contribution in [0.15, 0.2) is 36.5 Å². The van der Waals surface area contributed by atoms with Crippen LogP contribution in [0.1, 0.15) is 49.0 Å². The van der Waals surface area contributed by atoms with E-state index in [9.17, 15) is 22.7 Å². The Balaban J connectivity index is 1.34. The third-order valence-electron chi connectivity index (χ3n) is 5.81. The van der Waals surface area contributed by atoms with Gasteiger partial charge in [-0.15, -0.1) is 23.4 Å². The number of alkyl halides is 3. The molecule has 0 spiro atoms. The first-order valence-corrected chi connectivity index (χ1v) is 11.9. The number of aliphatic hydroxyl groups excluding tert-OH is 1. The van der Waals surface area contributed by atoms with Gasteiger partial charge in [-0.25, -0.2) is 4.39 Å². The van der Waals surface area contributed by atoms with Crippen LogP contribution >= 0.6 is 11.3 Å². The summed E-state index contributed by atoms with van der Waals surface area (Å²) < 4.78 is 60.9. The number of benzene rings is 1. The van der Waals surface area contributed by atoms with Crippen LogP contribution < -0.4 is 15.4 Å². The molecule has 1 aliphatic rings. The molecule has 0 saturated heterocycles. The van der Waals surface area contributed by atoms with E-state index in [0.29, 0.717) is 11.0 Å². The topological polar surface area (TPSA) is 114 Å². The van der Waals surface area contributed by atoms with Gasteiger partial charge in [0.25, 0.3) is 0 Å². The van der Waals surface area contributed by atoms with E-state index in [1.807, 2.05) is 12.1 Å². The van der Waals surface area contributed by atoms with E-state index in [0.717, 1.165) is 60.9 Å². The number of nitrogens with one attached hydrogen (secondary N) is 2. The van der Waals surface area contributed by atoms with Gasteiger partial charge >= 0.3 is 6.36 Å². The van der Waals surface area contributed by atoms with Crippen LogP contribution in [0.5, 0.6) is 5.75 Å². The maximum absolute atomic E-state index is 14.3. The number of methoxy groups -OCH3 is 1. The largest absolute Gasteiger partial charge is 0.573 e. The number of aromatic nitrogens is 4. The fourth-order valence-electron chi connectivity index (χ4n) is 4.14. The monoisotopic (exact) mass is 528 g/mol. The van der Waals surface area contributed by atoms with E-state index in [4.69, 9.17) is 4.74 Å². The molecule has 1 fully saturated rings. The van der Waals surface area contributed by atoms with Crippen molar-refractivity contribution < 1.29 is 32.1 Å². The summed E-state index contributed by atoms with van der Waals surface area (Å²) in [5.41, 5.74) is 0.675. The average molecular weight is 529 g/mol. The summed E-state index contributed by atoms with van der Waals surface area (Å²) in [7, 11) is 1.19. The number of hydrogen-bond acceptors (Lipinski definition) is 10.